The van der Waals surface area contributed by atoms with Gasteiger partial charge >= 0.3 is 0 Å². The van der Waals surface area contributed by atoms with Crippen molar-refractivity contribution < 1.29 is 9.53 Å². The zero-order valence-electron chi connectivity index (χ0n) is 12.3. The van der Waals surface area contributed by atoms with Gasteiger partial charge in [-0.05, 0) is 37.5 Å². The van der Waals surface area contributed by atoms with Gasteiger partial charge in [-0.2, -0.15) is 0 Å². The molecule has 1 fully saturated rings. The highest BCUT2D eigenvalue weighted by Gasteiger charge is 2.15. The van der Waals surface area contributed by atoms with Gasteiger partial charge < -0.3 is 15.0 Å². The standard InChI is InChI=1S/C16H23BrN2O2/c17-14-5-4-6-15(13-14)21-12-9-18-8-7-16(20)19-10-2-1-3-11-19/h4-6,13,18H,1-3,7-12H2. The lowest BCUT2D eigenvalue weighted by Gasteiger charge is -2.26. The van der Waals surface area contributed by atoms with E-state index < -0.39 is 0 Å². The third-order valence-electron chi connectivity index (χ3n) is 3.57. The lowest BCUT2D eigenvalue weighted by atomic mass is 10.1. The summed E-state index contributed by atoms with van der Waals surface area (Å²) in [5.41, 5.74) is 0. The summed E-state index contributed by atoms with van der Waals surface area (Å²) in [7, 11) is 0. The van der Waals surface area contributed by atoms with Crippen LogP contribution in [-0.4, -0.2) is 43.6 Å². The lowest BCUT2D eigenvalue weighted by molar-refractivity contribution is -0.131. The molecule has 0 aromatic heterocycles. The summed E-state index contributed by atoms with van der Waals surface area (Å²) in [6, 6.07) is 7.80. The topological polar surface area (TPSA) is 41.6 Å². The van der Waals surface area contributed by atoms with Crippen molar-refractivity contribution in [2.24, 2.45) is 0 Å². The minimum absolute atomic E-state index is 0.273. The largest absolute Gasteiger partial charge is 0.492 e. The van der Waals surface area contributed by atoms with Crippen LogP contribution in [0.5, 0.6) is 5.75 Å². The molecule has 0 spiro atoms. The maximum Gasteiger partial charge on any atom is 0.223 e. The third-order valence-corrected chi connectivity index (χ3v) is 4.06. The summed E-state index contributed by atoms with van der Waals surface area (Å²) in [4.78, 5) is 13.9. The smallest absolute Gasteiger partial charge is 0.223 e. The summed E-state index contributed by atoms with van der Waals surface area (Å²) in [5, 5.41) is 3.26. The first-order chi connectivity index (χ1) is 10.3. The molecule has 0 aliphatic carbocycles. The second-order valence-corrected chi connectivity index (χ2v) is 6.16. The minimum atomic E-state index is 0.273. The number of benzene rings is 1. The predicted molar refractivity (Wildman–Crippen MR) is 87.6 cm³/mol. The lowest BCUT2D eigenvalue weighted by Crippen LogP contribution is -2.37. The maximum absolute atomic E-state index is 11.9. The highest BCUT2D eigenvalue weighted by atomic mass is 79.9. The number of amides is 1. The average molecular weight is 355 g/mol. The highest BCUT2D eigenvalue weighted by Crippen LogP contribution is 2.17. The summed E-state index contributed by atoms with van der Waals surface area (Å²) in [6.45, 7) is 3.95. The van der Waals surface area contributed by atoms with Crippen molar-refractivity contribution in [2.45, 2.75) is 25.7 Å². The molecule has 0 saturated carbocycles. The van der Waals surface area contributed by atoms with E-state index in [0.29, 0.717) is 13.0 Å². The molecule has 1 amide bonds. The Hall–Kier alpha value is -1.07. The number of hydrogen-bond donors (Lipinski definition) is 1. The fourth-order valence-electron chi connectivity index (χ4n) is 2.42. The van der Waals surface area contributed by atoms with Crippen LogP contribution >= 0.6 is 15.9 Å². The van der Waals surface area contributed by atoms with Gasteiger partial charge in [0.05, 0.1) is 0 Å². The number of ether oxygens (including phenoxy) is 1. The highest BCUT2D eigenvalue weighted by molar-refractivity contribution is 9.10. The van der Waals surface area contributed by atoms with E-state index in [-0.39, 0.29) is 5.91 Å². The number of halogens is 1. The molecular weight excluding hydrogens is 332 g/mol. The van der Waals surface area contributed by atoms with Crippen molar-refractivity contribution in [1.29, 1.82) is 0 Å². The van der Waals surface area contributed by atoms with Crippen molar-refractivity contribution in [1.82, 2.24) is 10.2 Å². The fourth-order valence-corrected chi connectivity index (χ4v) is 2.80. The van der Waals surface area contributed by atoms with E-state index in [1.54, 1.807) is 0 Å². The first-order valence-electron chi connectivity index (χ1n) is 7.62. The molecule has 0 atom stereocenters. The van der Waals surface area contributed by atoms with Crippen molar-refractivity contribution >= 4 is 21.8 Å². The van der Waals surface area contributed by atoms with Crippen LogP contribution in [0.25, 0.3) is 0 Å². The normalized spacial score (nSPS) is 15.0. The molecule has 1 aliphatic rings. The number of carbonyl (C=O) groups excluding carboxylic acids is 1. The van der Waals surface area contributed by atoms with Gasteiger partial charge in [0.2, 0.25) is 5.91 Å². The Labute approximate surface area is 135 Å². The monoisotopic (exact) mass is 354 g/mol. The molecule has 1 saturated heterocycles. The van der Waals surface area contributed by atoms with Crippen LogP contribution in [0.3, 0.4) is 0 Å². The predicted octanol–water partition coefficient (Wildman–Crippen LogP) is 2.82. The van der Waals surface area contributed by atoms with Gasteiger partial charge in [0.15, 0.2) is 0 Å². The summed E-state index contributed by atoms with van der Waals surface area (Å²) < 4.78 is 6.64. The van der Waals surface area contributed by atoms with Gasteiger partial charge in [-0.25, -0.2) is 0 Å². The molecule has 1 aliphatic heterocycles. The summed E-state index contributed by atoms with van der Waals surface area (Å²) in [5.74, 6) is 1.13. The van der Waals surface area contributed by atoms with Gasteiger partial charge in [0.1, 0.15) is 12.4 Å². The molecule has 1 aromatic rings. The Morgan fingerprint density at radius 3 is 2.81 bits per heavy atom. The van der Waals surface area contributed by atoms with Gasteiger partial charge in [0.25, 0.3) is 0 Å². The molecule has 4 nitrogen and oxygen atoms in total. The van der Waals surface area contributed by atoms with Crippen LogP contribution in [0, 0.1) is 0 Å². The SMILES string of the molecule is O=C(CCNCCOc1cccc(Br)c1)N1CCCCC1. The molecule has 116 valence electrons. The van der Waals surface area contributed by atoms with Gasteiger partial charge in [-0.15, -0.1) is 0 Å². The van der Waals surface area contributed by atoms with E-state index >= 15 is 0 Å². The fraction of sp³-hybridized carbons (Fsp3) is 0.562. The second-order valence-electron chi connectivity index (χ2n) is 5.25. The van der Waals surface area contributed by atoms with Crippen molar-refractivity contribution in [2.75, 3.05) is 32.8 Å². The van der Waals surface area contributed by atoms with E-state index in [4.69, 9.17) is 4.74 Å². The molecule has 0 radical (unpaired) electrons. The second kappa shape index (κ2) is 9.05. The molecule has 0 unspecified atom stereocenters. The molecule has 1 aromatic carbocycles. The Balaban J connectivity index is 1.52. The van der Waals surface area contributed by atoms with Gasteiger partial charge in [-0.3, -0.25) is 4.79 Å². The first kappa shape index (κ1) is 16.3. The Kier molecular flexibility index (Phi) is 7.03. The van der Waals surface area contributed by atoms with Crippen molar-refractivity contribution in [3.8, 4) is 5.75 Å². The number of carbonyl (C=O) groups is 1. The summed E-state index contributed by atoms with van der Waals surface area (Å²) >= 11 is 3.41. The Morgan fingerprint density at radius 2 is 2.05 bits per heavy atom. The number of nitrogens with one attached hydrogen (secondary N) is 1. The van der Waals surface area contributed by atoms with Crippen LogP contribution in [-0.2, 0) is 4.79 Å². The molecule has 5 heteroatoms. The molecule has 0 bridgehead atoms. The molecular formula is C16H23BrN2O2. The van der Waals surface area contributed by atoms with Crippen LogP contribution in [0.15, 0.2) is 28.7 Å². The minimum Gasteiger partial charge on any atom is -0.492 e. The number of hydrogen-bond acceptors (Lipinski definition) is 3. The first-order valence-corrected chi connectivity index (χ1v) is 8.42. The van der Waals surface area contributed by atoms with Crippen LogP contribution in [0.2, 0.25) is 0 Å². The molecule has 1 heterocycles. The van der Waals surface area contributed by atoms with Crippen molar-refractivity contribution in [3.05, 3.63) is 28.7 Å². The molecule has 1 N–H and O–H groups in total. The van der Waals surface area contributed by atoms with E-state index in [2.05, 4.69) is 21.2 Å². The molecule has 2 rings (SSSR count). The number of rotatable bonds is 7. The quantitative estimate of drug-likeness (QED) is 0.765. The van der Waals surface area contributed by atoms with E-state index in [0.717, 1.165) is 49.2 Å². The Morgan fingerprint density at radius 1 is 1.24 bits per heavy atom. The van der Waals surface area contributed by atoms with E-state index in [1.807, 2.05) is 29.2 Å². The number of likely N-dealkylation sites (tertiary alicyclic amines) is 1. The van der Waals surface area contributed by atoms with Crippen LogP contribution in [0.4, 0.5) is 0 Å². The summed E-state index contributed by atoms with van der Waals surface area (Å²) in [6.07, 6.45) is 4.14. The van der Waals surface area contributed by atoms with Crippen molar-refractivity contribution in [3.63, 3.8) is 0 Å². The van der Waals surface area contributed by atoms with Crippen LogP contribution < -0.4 is 10.1 Å². The zero-order valence-corrected chi connectivity index (χ0v) is 13.9. The average Bonchev–Trinajstić information content (AvgIpc) is 2.51. The maximum atomic E-state index is 11.9. The van der Waals surface area contributed by atoms with Crippen LogP contribution in [0.1, 0.15) is 25.7 Å². The van der Waals surface area contributed by atoms with Gasteiger partial charge in [-0.1, -0.05) is 22.0 Å². The number of piperidine rings is 1. The van der Waals surface area contributed by atoms with E-state index in [9.17, 15) is 4.79 Å². The van der Waals surface area contributed by atoms with E-state index in [1.165, 1.54) is 6.42 Å². The molecule has 21 heavy (non-hydrogen) atoms. The third kappa shape index (κ3) is 6.06. The zero-order chi connectivity index (χ0) is 14.9. The number of nitrogens with zero attached hydrogens (tertiary/aromatic N) is 1. The van der Waals surface area contributed by atoms with Gasteiger partial charge in [0, 0.05) is 37.1 Å². The Bertz CT molecular complexity index is 448.